The van der Waals surface area contributed by atoms with Crippen LogP contribution in [0.15, 0.2) is 28.9 Å². The fourth-order valence-corrected chi connectivity index (χ4v) is 1.69. The van der Waals surface area contributed by atoms with Crippen LogP contribution in [0.2, 0.25) is 0 Å². The van der Waals surface area contributed by atoms with Gasteiger partial charge in [0.1, 0.15) is 18.2 Å². The molecular formula is C11H9BrFN3O3. The van der Waals surface area contributed by atoms with E-state index in [0.717, 1.165) is 0 Å². The van der Waals surface area contributed by atoms with Gasteiger partial charge in [-0.15, -0.1) is 5.10 Å². The highest BCUT2D eigenvalue weighted by Crippen LogP contribution is 2.21. The van der Waals surface area contributed by atoms with Gasteiger partial charge in [0.05, 0.1) is 17.2 Å². The van der Waals surface area contributed by atoms with Crippen molar-refractivity contribution in [3.8, 4) is 5.75 Å². The van der Waals surface area contributed by atoms with Gasteiger partial charge in [0, 0.05) is 0 Å². The van der Waals surface area contributed by atoms with Crippen molar-refractivity contribution >= 4 is 21.9 Å². The van der Waals surface area contributed by atoms with E-state index in [-0.39, 0.29) is 18.1 Å². The van der Waals surface area contributed by atoms with E-state index < -0.39 is 5.97 Å². The van der Waals surface area contributed by atoms with Gasteiger partial charge in [0.15, 0.2) is 5.69 Å². The number of aromatic nitrogens is 3. The van der Waals surface area contributed by atoms with Crippen molar-refractivity contribution in [2.45, 2.75) is 6.54 Å². The summed E-state index contributed by atoms with van der Waals surface area (Å²) >= 11 is 3.05. The van der Waals surface area contributed by atoms with E-state index in [1.807, 2.05) is 0 Å². The van der Waals surface area contributed by atoms with E-state index in [1.165, 1.54) is 29.1 Å². The zero-order valence-corrected chi connectivity index (χ0v) is 11.2. The van der Waals surface area contributed by atoms with Gasteiger partial charge in [0.25, 0.3) is 0 Å². The number of carboxylic acid groups (broad SMARTS) is 1. The maximum absolute atomic E-state index is 13.0. The molecule has 8 heteroatoms. The third-order valence-electron chi connectivity index (χ3n) is 2.24. The smallest absolute Gasteiger partial charge is 0.358 e. The lowest BCUT2D eigenvalue weighted by Crippen LogP contribution is -2.08. The number of ether oxygens (including phenoxy) is 1. The van der Waals surface area contributed by atoms with Gasteiger partial charge in [-0.25, -0.2) is 13.9 Å². The summed E-state index contributed by atoms with van der Waals surface area (Å²) in [5.41, 5.74) is -0.121. The molecule has 100 valence electrons. The van der Waals surface area contributed by atoms with Crippen LogP contribution >= 0.6 is 15.9 Å². The first-order chi connectivity index (χ1) is 9.06. The Kier molecular flexibility index (Phi) is 4.10. The van der Waals surface area contributed by atoms with E-state index in [4.69, 9.17) is 9.84 Å². The Hall–Kier alpha value is -1.96. The first-order valence-electron chi connectivity index (χ1n) is 5.27. The topological polar surface area (TPSA) is 77.2 Å². The first kappa shape index (κ1) is 13.5. The van der Waals surface area contributed by atoms with Gasteiger partial charge in [-0.1, -0.05) is 5.21 Å². The molecule has 0 atom stereocenters. The predicted octanol–water partition coefficient (Wildman–Crippen LogP) is 1.96. The molecule has 0 aliphatic carbocycles. The van der Waals surface area contributed by atoms with Crippen molar-refractivity contribution in [1.29, 1.82) is 0 Å². The zero-order valence-electron chi connectivity index (χ0n) is 9.58. The van der Waals surface area contributed by atoms with Crippen LogP contribution in [0, 0.1) is 5.82 Å². The molecule has 1 N–H and O–H groups in total. The van der Waals surface area contributed by atoms with E-state index in [1.54, 1.807) is 0 Å². The molecule has 0 bridgehead atoms. The van der Waals surface area contributed by atoms with Crippen LogP contribution in [0.1, 0.15) is 10.5 Å². The number of benzene rings is 1. The van der Waals surface area contributed by atoms with Crippen LogP contribution < -0.4 is 4.74 Å². The zero-order chi connectivity index (χ0) is 13.8. The van der Waals surface area contributed by atoms with Gasteiger partial charge in [-0.3, -0.25) is 0 Å². The maximum Gasteiger partial charge on any atom is 0.358 e. The Bertz CT molecular complexity index is 603. The van der Waals surface area contributed by atoms with Crippen LogP contribution in [0.4, 0.5) is 4.39 Å². The standard InChI is InChI=1S/C11H9BrFN3O3/c12-8-5-7(1-2-9(8)13)19-4-3-16-6-10(11(17)18)14-15-16/h1-2,5-6H,3-4H2,(H,17,18). The number of halogens is 2. The van der Waals surface area contributed by atoms with E-state index >= 15 is 0 Å². The Balaban J connectivity index is 1.88. The summed E-state index contributed by atoms with van der Waals surface area (Å²) in [4.78, 5) is 10.6. The summed E-state index contributed by atoms with van der Waals surface area (Å²) in [5, 5.41) is 15.8. The quantitative estimate of drug-likeness (QED) is 0.907. The Morgan fingerprint density at radius 2 is 2.32 bits per heavy atom. The summed E-state index contributed by atoms with van der Waals surface area (Å²) in [6.45, 7) is 0.607. The summed E-state index contributed by atoms with van der Waals surface area (Å²) in [6, 6.07) is 4.31. The molecule has 1 heterocycles. The average molecular weight is 330 g/mol. The van der Waals surface area contributed by atoms with Gasteiger partial charge < -0.3 is 9.84 Å². The number of carbonyl (C=O) groups is 1. The highest BCUT2D eigenvalue weighted by atomic mass is 79.9. The lowest BCUT2D eigenvalue weighted by molar-refractivity contribution is 0.0690. The molecule has 0 unspecified atom stereocenters. The van der Waals surface area contributed by atoms with E-state index in [0.29, 0.717) is 16.8 Å². The SMILES string of the molecule is O=C(O)c1cn(CCOc2ccc(F)c(Br)c2)nn1. The Morgan fingerprint density at radius 1 is 1.53 bits per heavy atom. The number of hydrogen-bond donors (Lipinski definition) is 1. The molecule has 19 heavy (non-hydrogen) atoms. The van der Waals surface area contributed by atoms with Crippen molar-refractivity contribution in [3.05, 3.63) is 40.4 Å². The van der Waals surface area contributed by atoms with Crippen LogP contribution in [-0.4, -0.2) is 32.7 Å². The molecule has 0 amide bonds. The molecule has 2 rings (SSSR count). The second-order valence-electron chi connectivity index (χ2n) is 3.60. The molecule has 1 aromatic carbocycles. The molecule has 0 radical (unpaired) electrons. The van der Waals surface area contributed by atoms with Crippen molar-refractivity contribution in [1.82, 2.24) is 15.0 Å². The van der Waals surface area contributed by atoms with Gasteiger partial charge >= 0.3 is 5.97 Å². The summed E-state index contributed by atoms with van der Waals surface area (Å²) in [7, 11) is 0. The van der Waals surface area contributed by atoms with E-state index in [9.17, 15) is 9.18 Å². The normalized spacial score (nSPS) is 10.4. The summed E-state index contributed by atoms with van der Waals surface area (Å²) in [6.07, 6.45) is 1.31. The Labute approximate surface area is 115 Å². The van der Waals surface area contributed by atoms with Crippen LogP contribution in [-0.2, 0) is 6.54 Å². The number of nitrogens with zero attached hydrogens (tertiary/aromatic N) is 3. The summed E-state index contributed by atoms with van der Waals surface area (Å²) < 4.78 is 20.0. The number of rotatable bonds is 5. The number of carboxylic acids is 1. The molecule has 0 aliphatic heterocycles. The molecule has 0 spiro atoms. The minimum absolute atomic E-state index is 0.121. The van der Waals surface area contributed by atoms with Gasteiger partial charge in [-0.05, 0) is 34.1 Å². The predicted molar refractivity (Wildman–Crippen MR) is 66.6 cm³/mol. The highest BCUT2D eigenvalue weighted by molar-refractivity contribution is 9.10. The monoisotopic (exact) mass is 329 g/mol. The molecule has 0 aliphatic rings. The second-order valence-corrected chi connectivity index (χ2v) is 4.45. The number of hydrogen-bond acceptors (Lipinski definition) is 4. The molecule has 0 saturated heterocycles. The Morgan fingerprint density at radius 3 is 2.95 bits per heavy atom. The minimum atomic E-state index is -1.13. The van der Waals surface area contributed by atoms with Crippen LogP contribution in [0.5, 0.6) is 5.75 Å². The van der Waals surface area contributed by atoms with Gasteiger partial charge in [0.2, 0.25) is 0 Å². The van der Waals surface area contributed by atoms with E-state index in [2.05, 4.69) is 26.2 Å². The number of aromatic carboxylic acids is 1. The molecule has 1 aromatic heterocycles. The molecule has 2 aromatic rings. The highest BCUT2D eigenvalue weighted by Gasteiger charge is 2.08. The lowest BCUT2D eigenvalue weighted by atomic mass is 10.3. The maximum atomic E-state index is 13.0. The van der Waals surface area contributed by atoms with Crippen molar-refractivity contribution in [3.63, 3.8) is 0 Å². The van der Waals surface area contributed by atoms with Crippen LogP contribution in [0.3, 0.4) is 0 Å². The summed E-state index contributed by atoms with van der Waals surface area (Å²) in [5.74, 6) is -0.990. The van der Waals surface area contributed by atoms with Crippen molar-refractivity contribution in [2.75, 3.05) is 6.61 Å². The molecule has 6 nitrogen and oxygen atoms in total. The average Bonchev–Trinajstić information content (AvgIpc) is 2.83. The fourth-order valence-electron chi connectivity index (χ4n) is 1.33. The first-order valence-corrected chi connectivity index (χ1v) is 6.07. The third-order valence-corrected chi connectivity index (χ3v) is 2.85. The lowest BCUT2D eigenvalue weighted by Gasteiger charge is -2.06. The van der Waals surface area contributed by atoms with Crippen molar-refractivity contribution < 1.29 is 19.0 Å². The molecule has 0 fully saturated rings. The largest absolute Gasteiger partial charge is 0.492 e. The fraction of sp³-hybridized carbons (Fsp3) is 0.182. The minimum Gasteiger partial charge on any atom is -0.492 e. The third kappa shape index (κ3) is 3.50. The molecular weight excluding hydrogens is 321 g/mol. The molecule has 0 saturated carbocycles. The van der Waals surface area contributed by atoms with Gasteiger partial charge in [-0.2, -0.15) is 0 Å². The van der Waals surface area contributed by atoms with Crippen molar-refractivity contribution in [2.24, 2.45) is 0 Å². The second kappa shape index (κ2) is 5.79. The van der Waals surface area contributed by atoms with Crippen LogP contribution in [0.25, 0.3) is 0 Å².